The molecule has 0 spiro atoms. The van der Waals surface area contributed by atoms with Crippen LogP contribution in [0.5, 0.6) is 11.5 Å². The number of carbonyl (C=O) groups excluding carboxylic acids is 3. The van der Waals surface area contributed by atoms with Crippen molar-refractivity contribution in [2.24, 2.45) is 0 Å². The van der Waals surface area contributed by atoms with Crippen LogP contribution < -0.4 is 15.8 Å². The summed E-state index contributed by atoms with van der Waals surface area (Å²) in [7, 11) is 0. The number of rotatable bonds is 11. The number of carbonyl (C=O) groups is 3. The number of aromatic nitrogens is 4. The number of unbranched alkanes of at least 4 members (excludes halogenated alkanes) is 1. The highest BCUT2D eigenvalue weighted by atomic mass is 32.2. The Kier molecular flexibility index (Phi) is 9.61. The van der Waals surface area contributed by atoms with Crippen LogP contribution in [0, 0.1) is 0 Å². The maximum absolute atomic E-state index is 13.2. The molecule has 3 aromatic carbocycles. The van der Waals surface area contributed by atoms with E-state index in [0.717, 1.165) is 95.3 Å². The van der Waals surface area contributed by atoms with E-state index in [1.807, 2.05) is 66.7 Å². The Morgan fingerprint density at radius 1 is 0.923 bits per heavy atom. The van der Waals surface area contributed by atoms with Gasteiger partial charge >= 0.3 is 0 Å². The summed E-state index contributed by atoms with van der Waals surface area (Å²) in [6.45, 7) is 3.30. The molecule has 2 unspecified atom stereocenters. The van der Waals surface area contributed by atoms with Crippen molar-refractivity contribution in [2.45, 2.75) is 62.0 Å². The Hall–Kier alpha value is -5.27. The van der Waals surface area contributed by atoms with Crippen LogP contribution in [0.15, 0.2) is 84.0 Å². The molecule has 8 rings (SSSR count). The van der Waals surface area contributed by atoms with Crippen molar-refractivity contribution in [3.63, 3.8) is 0 Å². The van der Waals surface area contributed by atoms with E-state index in [4.69, 9.17) is 15.6 Å². The van der Waals surface area contributed by atoms with E-state index < -0.39 is 6.04 Å². The lowest BCUT2D eigenvalue weighted by molar-refractivity contribution is -0.136. The predicted octanol–water partition coefficient (Wildman–Crippen LogP) is 5.84. The third-order valence-electron chi connectivity index (χ3n) is 10.1. The first kappa shape index (κ1) is 33.9. The molecule has 5 aromatic rings. The molecule has 3 aliphatic heterocycles. The van der Waals surface area contributed by atoms with Gasteiger partial charge in [-0.25, -0.2) is 14.6 Å². The second-order valence-corrected chi connectivity index (χ2v) is 14.7. The highest BCUT2D eigenvalue weighted by Gasteiger charge is 2.39. The van der Waals surface area contributed by atoms with Crippen LogP contribution in [0.4, 0.5) is 5.82 Å². The number of para-hydroxylation sites is 1. The van der Waals surface area contributed by atoms with Crippen molar-refractivity contribution < 1.29 is 19.1 Å². The summed E-state index contributed by atoms with van der Waals surface area (Å²) in [6, 6.07) is 22.9. The zero-order valence-corrected chi connectivity index (χ0v) is 29.6. The standard InChI is InChI=1S/C39H40N8O4S/c40-36-34-35(25-13-15-28(16-14-25)51-27-9-2-1-3-10-27)44-47(37(34)42-24-41-36)26-8-7-20-45(22-26)19-4-5-21-52-32-12-6-11-29-30(32)23-46(39(29)50)31-17-18-33(48)43-38(31)49/h1-3,6,9-16,24,26,31H,4-5,7-8,17-23H2,(H2,40,41,42)(H,43,48,49). The van der Waals surface area contributed by atoms with Crippen LogP contribution in [0.3, 0.4) is 0 Å². The Bertz CT molecular complexity index is 2120. The maximum atomic E-state index is 13.2. The molecule has 13 heteroatoms. The largest absolute Gasteiger partial charge is 0.457 e. The lowest BCUT2D eigenvalue weighted by Gasteiger charge is -2.33. The number of nitrogens with two attached hydrogens (primary N) is 1. The van der Waals surface area contributed by atoms with Crippen LogP contribution in [0.2, 0.25) is 0 Å². The van der Waals surface area contributed by atoms with Gasteiger partial charge in [-0.3, -0.25) is 19.7 Å². The lowest BCUT2D eigenvalue weighted by Crippen LogP contribution is -2.52. The molecule has 52 heavy (non-hydrogen) atoms. The summed E-state index contributed by atoms with van der Waals surface area (Å²) in [4.78, 5) is 51.5. The summed E-state index contributed by atoms with van der Waals surface area (Å²) in [5, 5.41) is 8.26. The van der Waals surface area contributed by atoms with Gasteiger partial charge in [0.2, 0.25) is 11.8 Å². The number of nitrogens with zero attached hydrogens (tertiary/aromatic N) is 6. The first-order chi connectivity index (χ1) is 25.4. The maximum Gasteiger partial charge on any atom is 0.255 e. The van der Waals surface area contributed by atoms with Gasteiger partial charge in [0, 0.05) is 35.5 Å². The first-order valence-electron chi connectivity index (χ1n) is 17.9. The monoisotopic (exact) mass is 716 g/mol. The molecule has 2 fully saturated rings. The fourth-order valence-corrected chi connectivity index (χ4v) is 8.60. The summed E-state index contributed by atoms with van der Waals surface area (Å²) in [6.07, 6.45) is 6.28. The minimum absolute atomic E-state index is 0.135. The number of thioether (sulfide) groups is 1. The quantitative estimate of drug-likeness (QED) is 0.0971. The average molecular weight is 717 g/mol. The number of anilines is 1. The average Bonchev–Trinajstić information content (AvgIpc) is 3.72. The van der Waals surface area contributed by atoms with Crippen molar-refractivity contribution in [3.8, 4) is 22.8 Å². The molecule has 5 heterocycles. The van der Waals surface area contributed by atoms with Crippen LogP contribution in [-0.2, 0) is 16.1 Å². The molecule has 0 radical (unpaired) electrons. The van der Waals surface area contributed by atoms with Crippen LogP contribution >= 0.6 is 11.8 Å². The van der Waals surface area contributed by atoms with Gasteiger partial charge in [-0.15, -0.1) is 11.8 Å². The van der Waals surface area contributed by atoms with Gasteiger partial charge in [-0.1, -0.05) is 24.3 Å². The molecule has 0 bridgehead atoms. The fraction of sp³-hybridized carbons (Fsp3) is 0.333. The molecule has 3 amide bonds. The highest BCUT2D eigenvalue weighted by Crippen LogP contribution is 2.36. The van der Waals surface area contributed by atoms with Gasteiger partial charge in [0.1, 0.15) is 35.4 Å². The number of imide groups is 1. The highest BCUT2D eigenvalue weighted by molar-refractivity contribution is 7.99. The normalized spacial score (nSPS) is 19.2. The summed E-state index contributed by atoms with van der Waals surface area (Å²) >= 11 is 1.77. The molecular weight excluding hydrogens is 677 g/mol. The second-order valence-electron chi connectivity index (χ2n) is 13.5. The number of ether oxygens (including phenoxy) is 1. The van der Waals surface area contributed by atoms with Crippen molar-refractivity contribution in [1.29, 1.82) is 0 Å². The first-order valence-corrected chi connectivity index (χ1v) is 18.9. The summed E-state index contributed by atoms with van der Waals surface area (Å²) in [5.74, 6) is 2.06. The van der Waals surface area contributed by atoms with E-state index in [2.05, 4.69) is 30.9 Å². The molecule has 0 saturated carbocycles. The predicted molar refractivity (Wildman–Crippen MR) is 199 cm³/mol. The summed E-state index contributed by atoms with van der Waals surface area (Å²) in [5.41, 5.74) is 10.5. The fourth-order valence-electron chi connectivity index (χ4n) is 7.50. The molecule has 266 valence electrons. The van der Waals surface area contributed by atoms with Gasteiger partial charge in [0.15, 0.2) is 5.65 Å². The SMILES string of the molecule is Nc1ncnc2c1c(-c1ccc(Oc3ccccc3)cc1)nn2C1CCCN(CCCCSc2cccc3c2CN(C2CCC(=O)NC2=O)C3=O)C1. The van der Waals surface area contributed by atoms with Gasteiger partial charge in [-0.2, -0.15) is 5.10 Å². The van der Waals surface area contributed by atoms with E-state index in [1.165, 1.54) is 6.33 Å². The molecule has 2 atom stereocenters. The summed E-state index contributed by atoms with van der Waals surface area (Å²) < 4.78 is 8.05. The second kappa shape index (κ2) is 14.8. The Labute approximate surface area is 305 Å². The molecule has 2 saturated heterocycles. The van der Waals surface area contributed by atoms with Crippen molar-refractivity contribution in [1.82, 2.24) is 34.9 Å². The van der Waals surface area contributed by atoms with E-state index in [1.54, 1.807) is 16.7 Å². The molecule has 2 aromatic heterocycles. The van der Waals surface area contributed by atoms with Gasteiger partial charge in [-0.05, 0) is 105 Å². The number of benzene rings is 3. The van der Waals surface area contributed by atoms with Gasteiger partial charge < -0.3 is 20.3 Å². The van der Waals surface area contributed by atoms with Gasteiger partial charge in [0.05, 0.1) is 11.4 Å². The number of hydrogen-bond donors (Lipinski definition) is 2. The van der Waals surface area contributed by atoms with Crippen molar-refractivity contribution in [2.75, 3.05) is 31.1 Å². The Morgan fingerprint density at radius 2 is 1.75 bits per heavy atom. The number of likely N-dealkylation sites (tertiary alicyclic amines) is 1. The molecular formula is C39H40N8O4S. The molecule has 12 nitrogen and oxygen atoms in total. The van der Waals surface area contributed by atoms with E-state index in [9.17, 15) is 14.4 Å². The molecule has 0 aliphatic carbocycles. The molecule has 3 aliphatic rings. The Balaban J connectivity index is 0.882. The zero-order chi connectivity index (χ0) is 35.6. The number of nitrogen functional groups attached to an aromatic ring is 1. The number of amides is 3. The van der Waals surface area contributed by atoms with Gasteiger partial charge in [0.25, 0.3) is 5.91 Å². The number of hydrogen-bond acceptors (Lipinski definition) is 10. The van der Waals surface area contributed by atoms with Crippen LogP contribution in [0.1, 0.15) is 60.5 Å². The Morgan fingerprint density at radius 3 is 2.58 bits per heavy atom. The number of piperidine rings is 2. The van der Waals surface area contributed by atoms with E-state index in [-0.39, 0.29) is 30.2 Å². The number of fused-ring (bicyclic) bond motifs is 2. The van der Waals surface area contributed by atoms with E-state index >= 15 is 0 Å². The zero-order valence-electron chi connectivity index (χ0n) is 28.7. The van der Waals surface area contributed by atoms with Crippen LogP contribution in [0.25, 0.3) is 22.3 Å². The van der Waals surface area contributed by atoms with Crippen LogP contribution in [-0.4, -0.2) is 78.7 Å². The molecule has 3 N–H and O–H groups in total. The van der Waals surface area contributed by atoms with Crippen molar-refractivity contribution >= 4 is 46.3 Å². The third-order valence-corrected chi connectivity index (χ3v) is 11.3. The third kappa shape index (κ3) is 6.85. The topological polar surface area (TPSA) is 149 Å². The minimum Gasteiger partial charge on any atom is -0.457 e. The minimum atomic E-state index is -0.605. The number of nitrogens with one attached hydrogen (secondary N) is 1. The van der Waals surface area contributed by atoms with E-state index in [0.29, 0.717) is 24.3 Å². The smallest absolute Gasteiger partial charge is 0.255 e. The lowest BCUT2D eigenvalue weighted by atomic mass is 10.0. The van der Waals surface area contributed by atoms with Crippen molar-refractivity contribution in [3.05, 3.63) is 90.3 Å².